The molecule has 1 aromatic rings. The fourth-order valence-corrected chi connectivity index (χ4v) is 4.50. The monoisotopic (exact) mass is 384 g/mol. The van der Waals surface area contributed by atoms with E-state index in [-0.39, 0.29) is 18.5 Å². The highest BCUT2D eigenvalue weighted by atomic mass is 31.2. The van der Waals surface area contributed by atoms with Crippen LogP contribution in [0.3, 0.4) is 0 Å². The maximum absolute atomic E-state index is 13.0. The van der Waals surface area contributed by atoms with Gasteiger partial charge in [-0.25, -0.2) is 0 Å². The van der Waals surface area contributed by atoms with Gasteiger partial charge in [-0.15, -0.1) is 0 Å². The Balaban J connectivity index is 2.67. The van der Waals surface area contributed by atoms with Crippen molar-refractivity contribution in [2.24, 2.45) is 5.92 Å². The first-order valence-corrected chi connectivity index (χ1v) is 11.0. The molecule has 146 valence electrons. The number of hydrogen-bond donors (Lipinski definition) is 1. The molecule has 0 unspecified atom stereocenters. The van der Waals surface area contributed by atoms with Gasteiger partial charge in [0.05, 0.1) is 0 Å². The molecular formula is C19H29O6P. The lowest BCUT2D eigenvalue weighted by molar-refractivity contribution is -0.169. The van der Waals surface area contributed by atoms with Gasteiger partial charge in [0.1, 0.15) is 6.16 Å². The lowest BCUT2D eigenvalue weighted by Crippen LogP contribution is -2.27. The van der Waals surface area contributed by atoms with Crippen LogP contribution in [0, 0.1) is 5.92 Å². The zero-order valence-electron chi connectivity index (χ0n) is 15.7. The van der Waals surface area contributed by atoms with E-state index in [1.807, 2.05) is 30.3 Å². The molecule has 0 aliphatic heterocycles. The number of aliphatic carboxylic acids is 1. The van der Waals surface area contributed by atoms with E-state index in [0.29, 0.717) is 6.42 Å². The fourth-order valence-electron chi connectivity index (χ4n) is 2.38. The van der Waals surface area contributed by atoms with E-state index < -0.39 is 31.8 Å². The zero-order valence-corrected chi connectivity index (χ0v) is 16.6. The largest absolute Gasteiger partial charge is 0.481 e. The van der Waals surface area contributed by atoms with E-state index in [4.69, 9.17) is 14.4 Å². The molecule has 7 heteroatoms. The lowest BCUT2D eigenvalue weighted by Gasteiger charge is -2.26. The first-order valence-electron chi connectivity index (χ1n) is 8.97. The van der Waals surface area contributed by atoms with Gasteiger partial charge in [-0.2, -0.15) is 0 Å². The van der Waals surface area contributed by atoms with Crippen LogP contribution in [0.15, 0.2) is 30.3 Å². The van der Waals surface area contributed by atoms with Crippen molar-refractivity contribution in [1.82, 2.24) is 0 Å². The van der Waals surface area contributed by atoms with Gasteiger partial charge >= 0.3 is 11.9 Å². The minimum atomic E-state index is -3.45. The predicted molar refractivity (Wildman–Crippen MR) is 100 cm³/mol. The molecule has 6 nitrogen and oxygen atoms in total. The molecule has 26 heavy (non-hydrogen) atoms. The standard InChI is InChI=1S/C19H29O6P/c1-4-18(22)24-19(15(2)3)25-26(23,14-17(20)21)13-9-8-12-16-10-6-5-7-11-16/h5-7,10-11,15,19H,4,8-9,12-14H2,1-3H3,(H,20,21)/t19-,26-/m1/s1. The van der Waals surface area contributed by atoms with Crippen molar-refractivity contribution in [1.29, 1.82) is 0 Å². The molecule has 0 radical (unpaired) electrons. The quantitative estimate of drug-likeness (QED) is 0.250. The van der Waals surface area contributed by atoms with Crippen LogP contribution >= 0.6 is 7.37 Å². The summed E-state index contributed by atoms with van der Waals surface area (Å²) in [7, 11) is -3.45. The van der Waals surface area contributed by atoms with Gasteiger partial charge in [-0.05, 0) is 24.8 Å². The lowest BCUT2D eigenvalue weighted by atomic mass is 10.1. The summed E-state index contributed by atoms with van der Waals surface area (Å²) in [6.07, 6.45) is 0.940. The van der Waals surface area contributed by atoms with Crippen molar-refractivity contribution >= 4 is 19.3 Å². The van der Waals surface area contributed by atoms with Crippen LogP contribution in [0.25, 0.3) is 0 Å². The Labute approximate surface area is 155 Å². The molecule has 1 N–H and O–H groups in total. The number of rotatable bonds is 12. The number of unbranched alkanes of at least 4 members (excludes halogenated alkanes) is 1. The van der Waals surface area contributed by atoms with E-state index in [1.165, 1.54) is 5.56 Å². The molecule has 0 saturated carbocycles. The van der Waals surface area contributed by atoms with Gasteiger partial charge in [-0.3, -0.25) is 18.7 Å². The molecule has 0 aliphatic carbocycles. The molecular weight excluding hydrogens is 355 g/mol. The summed E-state index contributed by atoms with van der Waals surface area (Å²) in [6, 6.07) is 9.91. The minimum Gasteiger partial charge on any atom is -0.481 e. The highest BCUT2D eigenvalue weighted by Crippen LogP contribution is 2.49. The molecule has 1 aromatic carbocycles. The second-order valence-electron chi connectivity index (χ2n) is 6.59. The van der Waals surface area contributed by atoms with Crippen molar-refractivity contribution in [3.05, 3.63) is 35.9 Å². The third-order valence-corrected chi connectivity index (χ3v) is 6.15. The molecule has 0 amide bonds. The highest BCUT2D eigenvalue weighted by Gasteiger charge is 2.33. The van der Waals surface area contributed by atoms with E-state index in [9.17, 15) is 14.2 Å². The van der Waals surface area contributed by atoms with Gasteiger partial charge in [0.25, 0.3) is 0 Å². The van der Waals surface area contributed by atoms with Crippen LogP contribution in [-0.4, -0.2) is 35.7 Å². The average molecular weight is 384 g/mol. The number of carbonyl (C=O) groups is 2. The smallest absolute Gasteiger partial charge is 0.313 e. The maximum Gasteiger partial charge on any atom is 0.313 e. The molecule has 1 rings (SSSR count). The molecule has 0 aliphatic rings. The van der Waals surface area contributed by atoms with Crippen LogP contribution in [0.1, 0.15) is 45.6 Å². The third-order valence-electron chi connectivity index (χ3n) is 3.81. The van der Waals surface area contributed by atoms with Gasteiger partial charge in [0.15, 0.2) is 0 Å². The molecule has 0 fully saturated rings. The number of esters is 1. The average Bonchev–Trinajstić information content (AvgIpc) is 2.58. The second kappa shape index (κ2) is 11.1. The minimum absolute atomic E-state index is 0.152. The van der Waals surface area contributed by atoms with Crippen molar-refractivity contribution in [2.75, 3.05) is 12.3 Å². The Morgan fingerprint density at radius 1 is 1.15 bits per heavy atom. The zero-order chi connectivity index (χ0) is 19.6. The molecule has 0 aromatic heterocycles. The van der Waals surface area contributed by atoms with E-state index in [1.54, 1.807) is 20.8 Å². The van der Waals surface area contributed by atoms with E-state index >= 15 is 0 Å². The Hall–Kier alpha value is -1.65. The molecule has 0 saturated heterocycles. The summed E-state index contributed by atoms with van der Waals surface area (Å²) in [6.45, 7) is 5.20. The van der Waals surface area contributed by atoms with Crippen molar-refractivity contribution in [2.45, 2.75) is 52.7 Å². The van der Waals surface area contributed by atoms with Gasteiger partial charge < -0.3 is 9.84 Å². The summed E-state index contributed by atoms with van der Waals surface area (Å²) in [5.41, 5.74) is 1.18. The first kappa shape index (κ1) is 22.4. The Morgan fingerprint density at radius 3 is 2.35 bits per heavy atom. The van der Waals surface area contributed by atoms with Crippen LogP contribution in [0.5, 0.6) is 0 Å². The Kier molecular flexibility index (Phi) is 9.60. The van der Waals surface area contributed by atoms with Crippen LogP contribution in [-0.2, 0) is 29.8 Å². The molecule has 0 spiro atoms. The predicted octanol–water partition coefficient (Wildman–Crippen LogP) is 4.32. The number of carboxylic acids is 1. The van der Waals surface area contributed by atoms with Crippen molar-refractivity contribution in [3.63, 3.8) is 0 Å². The molecule has 2 atom stereocenters. The Bertz CT molecular complexity index is 614. The number of ether oxygens (including phenoxy) is 1. The third kappa shape index (κ3) is 8.63. The number of carbonyl (C=O) groups excluding carboxylic acids is 1. The number of benzene rings is 1. The fraction of sp³-hybridized carbons (Fsp3) is 0.579. The van der Waals surface area contributed by atoms with Crippen LogP contribution in [0.2, 0.25) is 0 Å². The second-order valence-corrected chi connectivity index (χ2v) is 9.20. The number of hydrogen-bond acceptors (Lipinski definition) is 5. The summed E-state index contributed by atoms with van der Waals surface area (Å²) >= 11 is 0. The van der Waals surface area contributed by atoms with E-state index in [2.05, 4.69) is 0 Å². The summed E-state index contributed by atoms with van der Waals surface area (Å²) in [4.78, 5) is 22.7. The SMILES string of the molecule is CCC(=O)O[C@H](O[P@](=O)(CCCCc1ccccc1)CC(=O)O)C(C)C. The first-order chi connectivity index (χ1) is 12.3. The summed E-state index contributed by atoms with van der Waals surface area (Å²) in [5.74, 6) is -1.87. The maximum atomic E-state index is 13.0. The van der Waals surface area contributed by atoms with Crippen molar-refractivity contribution < 1.29 is 28.5 Å². The van der Waals surface area contributed by atoms with Gasteiger partial charge in [-0.1, -0.05) is 51.1 Å². The van der Waals surface area contributed by atoms with Gasteiger partial charge in [0, 0.05) is 18.5 Å². The molecule has 0 heterocycles. The topological polar surface area (TPSA) is 89.9 Å². The van der Waals surface area contributed by atoms with Crippen LogP contribution < -0.4 is 0 Å². The number of carboxylic acid groups (broad SMARTS) is 1. The Morgan fingerprint density at radius 2 is 1.81 bits per heavy atom. The summed E-state index contributed by atoms with van der Waals surface area (Å²) < 4.78 is 23.8. The van der Waals surface area contributed by atoms with E-state index in [0.717, 1.165) is 12.8 Å². The summed E-state index contributed by atoms with van der Waals surface area (Å²) in [5, 5.41) is 9.10. The van der Waals surface area contributed by atoms with Crippen molar-refractivity contribution in [3.8, 4) is 0 Å². The van der Waals surface area contributed by atoms with Crippen LogP contribution in [0.4, 0.5) is 0 Å². The van der Waals surface area contributed by atoms with Gasteiger partial charge in [0.2, 0.25) is 13.7 Å². The highest BCUT2D eigenvalue weighted by molar-refractivity contribution is 7.59. The number of aryl methyl sites for hydroxylation is 1. The normalized spacial score (nSPS) is 14.6. The molecule has 0 bridgehead atoms.